The fourth-order valence-electron chi connectivity index (χ4n) is 2.17. The topological polar surface area (TPSA) is 40.5 Å². The van der Waals surface area contributed by atoms with Gasteiger partial charge in [-0.05, 0) is 18.1 Å². The van der Waals surface area contributed by atoms with Gasteiger partial charge in [-0.15, -0.1) is 0 Å². The molecule has 0 radical (unpaired) electrons. The zero-order valence-electron chi connectivity index (χ0n) is 9.90. The second-order valence-corrected chi connectivity index (χ2v) is 4.58. The number of benzene rings is 1. The normalized spacial score (nSPS) is 19.6. The first-order valence-corrected chi connectivity index (χ1v) is 5.92. The summed E-state index contributed by atoms with van der Waals surface area (Å²) in [6.45, 7) is 0.906. The van der Waals surface area contributed by atoms with Crippen molar-refractivity contribution in [3.05, 3.63) is 35.4 Å². The highest BCUT2D eigenvalue weighted by Gasteiger charge is 2.28. The number of aliphatic hydroxyl groups is 1. The monoisotopic (exact) mass is 255 g/mol. The third-order valence-corrected chi connectivity index (χ3v) is 3.22. The molecule has 1 aliphatic heterocycles. The Bertz CT molecular complexity index is 451. The Labute approximate surface area is 104 Å². The average molecular weight is 255 g/mol. The van der Waals surface area contributed by atoms with Crippen LogP contribution >= 0.6 is 0 Å². The number of nitrogens with zero attached hydrogens (tertiary/aromatic N) is 1. The Morgan fingerprint density at radius 3 is 2.78 bits per heavy atom. The molecule has 18 heavy (non-hydrogen) atoms. The molecule has 2 rings (SSSR count). The summed E-state index contributed by atoms with van der Waals surface area (Å²) < 4.78 is 26.1. The van der Waals surface area contributed by atoms with Crippen LogP contribution in [0, 0.1) is 17.6 Å². The van der Waals surface area contributed by atoms with E-state index in [9.17, 15) is 13.6 Å². The van der Waals surface area contributed by atoms with Crippen LogP contribution in [-0.2, 0) is 11.2 Å². The van der Waals surface area contributed by atoms with Crippen molar-refractivity contribution in [2.75, 3.05) is 19.7 Å². The van der Waals surface area contributed by atoms with Gasteiger partial charge in [-0.2, -0.15) is 0 Å². The molecule has 1 fully saturated rings. The number of aliphatic hydroxyl groups excluding tert-OH is 1. The van der Waals surface area contributed by atoms with Crippen LogP contribution in [0.15, 0.2) is 18.2 Å². The van der Waals surface area contributed by atoms with E-state index >= 15 is 0 Å². The predicted molar refractivity (Wildman–Crippen MR) is 61.8 cm³/mol. The van der Waals surface area contributed by atoms with Gasteiger partial charge < -0.3 is 10.0 Å². The van der Waals surface area contributed by atoms with Crippen molar-refractivity contribution in [3.8, 4) is 0 Å². The van der Waals surface area contributed by atoms with E-state index in [1.165, 1.54) is 12.1 Å². The lowest BCUT2D eigenvalue weighted by Crippen LogP contribution is -2.28. The molecule has 1 N–H and O–H groups in total. The molecule has 1 amide bonds. The van der Waals surface area contributed by atoms with Gasteiger partial charge in [0.05, 0.1) is 0 Å². The van der Waals surface area contributed by atoms with Gasteiger partial charge in [-0.25, -0.2) is 8.78 Å². The molecular formula is C13H15F2NO2. The van der Waals surface area contributed by atoms with Crippen molar-refractivity contribution < 1.29 is 18.7 Å². The number of halogens is 2. The van der Waals surface area contributed by atoms with Crippen molar-refractivity contribution in [1.82, 2.24) is 4.90 Å². The van der Waals surface area contributed by atoms with E-state index in [0.717, 1.165) is 6.07 Å². The predicted octanol–water partition coefficient (Wildman–Crippen LogP) is 1.35. The van der Waals surface area contributed by atoms with Gasteiger partial charge in [0.1, 0.15) is 11.6 Å². The van der Waals surface area contributed by atoms with E-state index in [0.29, 0.717) is 31.5 Å². The SMILES string of the molecule is O=C1CC(CO)CN1CCc1ccc(F)cc1F. The molecular weight excluding hydrogens is 240 g/mol. The van der Waals surface area contributed by atoms with E-state index < -0.39 is 11.6 Å². The summed E-state index contributed by atoms with van der Waals surface area (Å²) in [6, 6.07) is 3.45. The highest BCUT2D eigenvalue weighted by molar-refractivity contribution is 5.78. The Morgan fingerprint density at radius 2 is 2.17 bits per heavy atom. The van der Waals surface area contributed by atoms with Crippen LogP contribution in [0.3, 0.4) is 0 Å². The number of carbonyl (C=O) groups is 1. The molecule has 5 heteroatoms. The zero-order chi connectivity index (χ0) is 13.1. The van der Waals surface area contributed by atoms with Crippen LogP contribution in [0.25, 0.3) is 0 Å². The molecule has 0 aliphatic carbocycles. The summed E-state index contributed by atoms with van der Waals surface area (Å²) in [5.74, 6) is -1.22. The van der Waals surface area contributed by atoms with Gasteiger partial charge in [0, 0.05) is 38.1 Å². The minimum atomic E-state index is -0.603. The van der Waals surface area contributed by atoms with Crippen molar-refractivity contribution in [2.45, 2.75) is 12.8 Å². The maximum atomic E-state index is 13.4. The van der Waals surface area contributed by atoms with Gasteiger partial charge >= 0.3 is 0 Å². The van der Waals surface area contributed by atoms with Crippen LogP contribution in [-0.4, -0.2) is 35.6 Å². The van der Waals surface area contributed by atoms with Crippen molar-refractivity contribution in [3.63, 3.8) is 0 Å². The maximum Gasteiger partial charge on any atom is 0.223 e. The first kappa shape index (κ1) is 13.0. The van der Waals surface area contributed by atoms with Crippen molar-refractivity contribution in [1.29, 1.82) is 0 Å². The van der Waals surface area contributed by atoms with Gasteiger partial charge in [0.25, 0.3) is 0 Å². The summed E-state index contributed by atoms with van der Waals surface area (Å²) in [6.07, 6.45) is 0.707. The molecule has 1 aromatic carbocycles. The molecule has 1 aliphatic rings. The fraction of sp³-hybridized carbons (Fsp3) is 0.462. The maximum absolute atomic E-state index is 13.4. The Balaban J connectivity index is 1.94. The third-order valence-electron chi connectivity index (χ3n) is 3.22. The molecule has 1 heterocycles. The van der Waals surface area contributed by atoms with E-state index in [1.54, 1.807) is 4.90 Å². The lowest BCUT2D eigenvalue weighted by Gasteiger charge is -2.16. The molecule has 0 spiro atoms. The molecule has 0 saturated carbocycles. The lowest BCUT2D eigenvalue weighted by atomic mass is 10.1. The number of amides is 1. The number of carbonyl (C=O) groups excluding carboxylic acids is 1. The molecule has 0 aromatic heterocycles. The molecule has 98 valence electrons. The molecule has 1 saturated heterocycles. The van der Waals surface area contributed by atoms with Crippen LogP contribution in [0.4, 0.5) is 8.78 Å². The van der Waals surface area contributed by atoms with Crippen LogP contribution in [0.5, 0.6) is 0 Å². The summed E-state index contributed by atoms with van der Waals surface area (Å²) in [5.41, 5.74) is 0.400. The molecule has 1 atom stereocenters. The molecule has 1 aromatic rings. The number of hydrogen-bond acceptors (Lipinski definition) is 2. The van der Waals surface area contributed by atoms with Crippen molar-refractivity contribution >= 4 is 5.91 Å². The Morgan fingerprint density at radius 1 is 1.39 bits per heavy atom. The number of rotatable bonds is 4. The first-order valence-electron chi connectivity index (χ1n) is 5.92. The summed E-state index contributed by atoms with van der Waals surface area (Å²) in [5, 5.41) is 8.98. The van der Waals surface area contributed by atoms with Gasteiger partial charge in [0.15, 0.2) is 0 Å². The summed E-state index contributed by atoms with van der Waals surface area (Å²) in [4.78, 5) is 13.2. The number of hydrogen-bond donors (Lipinski definition) is 1. The quantitative estimate of drug-likeness (QED) is 0.882. The molecule has 1 unspecified atom stereocenters. The standard InChI is InChI=1S/C13H15F2NO2/c14-11-2-1-10(12(15)6-11)3-4-16-7-9(8-17)5-13(16)18/h1-2,6,9,17H,3-5,7-8H2. The highest BCUT2D eigenvalue weighted by Crippen LogP contribution is 2.18. The first-order chi connectivity index (χ1) is 8.60. The van der Waals surface area contributed by atoms with Gasteiger partial charge in [0.2, 0.25) is 5.91 Å². The van der Waals surface area contributed by atoms with E-state index in [2.05, 4.69) is 0 Å². The van der Waals surface area contributed by atoms with Crippen LogP contribution < -0.4 is 0 Å². The minimum absolute atomic E-state index is 0.00680. The van der Waals surface area contributed by atoms with Crippen molar-refractivity contribution in [2.24, 2.45) is 5.92 Å². The molecule has 3 nitrogen and oxygen atoms in total. The van der Waals surface area contributed by atoms with Gasteiger partial charge in [-0.3, -0.25) is 4.79 Å². The largest absolute Gasteiger partial charge is 0.396 e. The fourth-order valence-corrected chi connectivity index (χ4v) is 2.17. The smallest absolute Gasteiger partial charge is 0.223 e. The zero-order valence-corrected chi connectivity index (χ0v) is 9.90. The lowest BCUT2D eigenvalue weighted by molar-refractivity contribution is -0.127. The van der Waals surface area contributed by atoms with Crippen LogP contribution in [0.1, 0.15) is 12.0 Å². The third kappa shape index (κ3) is 2.85. The summed E-state index contributed by atoms with van der Waals surface area (Å²) >= 11 is 0. The van der Waals surface area contributed by atoms with E-state index in [-0.39, 0.29) is 18.4 Å². The van der Waals surface area contributed by atoms with E-state index in [4.69, 9.17) is 5.11 Å². The van der Waals surface area contributed by atoms with Crippen LogP contribution in [0.2, 0.25) is 0 Å². The highest BCUT2D eigenvalue weighted by atomic mass is 19.1. The average Bonchev–Trinajstić information content (AvgIpc) is 2.69. The number of likely N-dealkylation sites (tertiary alicyclic amines) is 1. The molecule has 0 bridgehead atoms. The second kappa shape index (κ2) is 5.44. The van der Waals surface area contributed by atoms with Gasteiger partial charge in [-0.1, -0.05) is 6.07 Å². The minimum Gasteiger partial charge on any atom is -0.396 e. The van der Waals surface area contributed by atoms with E-state index in [1.807, 2.05) is 0 Å². The Hall–Kier alpha value is -1.49. The second-order valence-electron chi connectivity index (χ2n) is 4.58. The summed E-state index contributed by atoms with van der Waals surface area (Å²) in [7, 11) is 0. The Kier molecular flexibility index (Phi) is 3.91.